The van der Waals surface area contributed by atoms with Gasteiger partial charge < -0.3 is 16.4 Å². The molecule has 0 spiro atoms. The molecular weight excluding hydrogens is 826 g/mol. The smallest absolute Gasteiger partial charge is 0.279 e. The van der Waals surface area contributed by atoms with Crippen molar-refractivity contribution < 1.29 is 8.42 Å². The van der Waals surface area contributed by atoms with E-state index >= 15 is 0 Å². The molecule has 316 valence electrons. The van der Waals surface area contributed by atoms with Crippen molar-refractivity contribution in [3.63, 3.8) is 0 Å². The van der Waals surface area contributed by atoms with Crippen molar-refractivity contribution in [3.8, 4) is 22.3 Å². The molecule has 0 amide bonds. The van der Waals surface area contributed by atoms with Crippen molar-refractivity contribution in [2.45, 2.75) is 75.5 Å². The second kappa shape index (κ2) is 18.3. The highest BCUT2D eigenvalue weighted by molar-refractivity contribution is 7.87. The molecule has 5 N–H and O–H groups in total. The van der Waals surface area contributed by atoms with E-state index in [1.165, 1.54) is 23.0 Å². The Morgan fingerprint density at radius 3 is 1.47 bits per heavy atom. The number of pyridine rings is 2. The quantitative estimate of drug-likeness (QED) is 0.131. The maximum atomic E-state index is 13.0. The van der Waals surface area contributed by atoms with E-state index < -0.39 is 10.2 Å². The molecule has 2 aliphatic carbocycles. The maximum absolute atomic E-state index is 13.0. The molecule has 2 aliphatic rings. The fraction of sp³-hybridized carbons (Fsp3) is 0.381. The summed E-state index contributed by atoms with van der Waals surface area (Å²) in [5, 5.41) is 9.30. The molecule has 0 atom stereocenters. The molecule has 4 aromatic heterocycles. The molecular formula is C42H49Cl2N11O4S. The predicted molar refractivity (Wildman–Crippen MR) is 240 cm³/mol. The molecule has 2 saturated carbocycles. The molecule has 0 aliphatic heterocycles. The molecule has 2 fully saturated rings. The van der Waals surface area contributed by atoms with Crippen LogP contribution in [0.4, 0.5) is 11.9 Å². The fourth-order valence-corrected chi connectivity index (χ4v) is 9.02. The van der Waals surface area contributed by atoms with Gasteiger partial charge in [-0.1, -0.05) is 59.6 Å². The number of aromatic nitrogens is 6. The van der Waals surface area contributed by atoms with Gasteiger partial charge in [0.2, 0.25) is 11.9 Å². The summed E-state index contributed by atoms with van der Waals surface area (Å²) >= 11 is 12.6. The van der Waals surface area contributed by atoms with Crippen LogP contribution in [0.3, 0.4) is 0 Å². The summed E-state index contributed by atoms with van der Waals surface area (Å²) in [4.78, 5) is 43.9. The normalized spacial score (nSPS) is 19.5. The SMILES string of the molecule is CN(C)S(=O)(=O)NC1CCC(Nc2ncc3cc(-c4ccccc4Cl)c(=O)n(C)c3n2)CC1.Cn1c(=O)c(-c2ccccc2Cl)cc2cnc(NC3CCC(N)CC3)nc21. The number of nitrogens with zero attached hydrogens (tertiary/aromatic N) is 7. The standard InChI is InChI=1S/C22H27ClN6O3S.C20H22ClN5O/c1-28(2)33(31,32)27-16-10-8-15(9-11-16)25-22-24-13-14-12-18(17-6-4-5-7-19(17)23)21(30)29(3)20(14)26-22;1-26-18-12(10-16(19(26)27)15-4-2-3-5-17(15)21)11-23-20(25-18)24-14-8-6-13(22)7-9-14/h4-7,12-13,15-16,27H,8-11H2,1-3H3,(H,24,25,26);2-5,10-11,13-14H,6-9,22H2,1H3,(H,23,24,25). The Bertz CT molecular complexity index is 2750. The number of aryl methyl sites for hydroxylation is 2. The second-order valence-electron chi connectivity index (χ2n) is 15.6. The Morgan fingerprint density at radius 1 is 0.650 bits per heavy atom. The minimum Gasteiger partial charge on any atom is -0.351 e. The van der Waals surface area contributed by atoms with Gasteiger partial charge in [0.1, 0.15) is 11.3 Å². The Kier molecular flexibility index (Phi) is 13.2. The van der Waals surface area contributed by atoms with Gasteiger partial charge in [-0.2, -0.15) is 27.4 Å². The van der Waals surface area contributed by atoms with E-state index in [1.807, 2.05) is 42.5 Å². The first-order valence-electron chi connectivity index (χ1n) is 19.9. The van der Waals surface area contributed by atoms with E-state index in [0.717, 1.165) is 62.1 Å². The maximum Gasteiger partial charge on any atom is 0.279 e. The zero-order chi connectivity index (χ0) is 42.7. The Labute approximate surface area is 358 Å². The van der Waals surface area contributed by atoms with Gasteiger partial charge in [0, 0.05) is 108 Å². The van der Waals surface area contributed by atoms with Crippen molar-refractivity contribution >= 4 is 67.4 Å². The minimum absolute atomic E-state index is 0.0861. The van der Waals surface area contributed by atoms with Gasteiger partial charge in [0.25, 0.3) is 21.3 Å². The van der Waals surface area contributed by atoms with Crippen LogP contribution in [0, 0.1) is 0 Å². The molecule has 0 unspecified atom stereocenters. The molecule has 0 radical (unpaired) electrons. The Hall–Kier alpha value is -4.97. The van der Waals surface area contributed by atoms with Gasteiger partial charge in [-0.25, -0.2) is 9.97 Å². The third-order valence-corrected chi connectivity index (χ3v) is 13.4. The summed E-state index contributed by atoms with van der Waals surface area (Å²) < 4.78 is 31.0. The topological polar surface area (TPSA) is 195 Å². The van der Waals surface area contributed by atoms with Gasteiger partial charge in [-0.15, -0.1) is 0 Å². The number of hydrogen-bond acceptors (Lipinski definition) is 11. The summed E-state index contributed by atoms with van der Waals surface area (Å²) in [7, 11) is 2.99. The van der Waals surface area contributed by atoms with Gasteiger partial charge in [-0.3, -0.25) is 18.7 Å². The van der Waals surface area contributed by atoms with Crippen LogP contribution in [0.1, 0.15) is 51.4 Å². The van der Waals surface area contributed by atoms with Crippen LogP contribution in [0.5, 0.6) is 0 Å². The number of rotatable bonds is 9. The molecule has 4 heterocycles. The second-order valence-corrected chi connectivity index (χ2v) is 18.3. The van der Waals surface area contributed by atoms with Crippen molar-refractivity contribution in [1.29, 1.82) is 0 Å². The highest BCUT2D eigenvalue weighted by Crippen LogP contribution is 2.29. The van der Waals surface area contributed by atoms with Crippen molar-refractivity contribution in [3.05, 3.63) is 104 Å². The van der Waals surface area contributed by atoms with E-state index in [1.54, 1.807) is 49.3 Å². The zero-order valence-corrected chi connectivity index (χ0v) is 36.2. The molecule has 15 nitrogen and oxygen atoms in total. The first-order valence-corrected chi connectivity index (χ1v) is 22.1. The molecule has 8 rings (SSSR count). The first-order chi connectivity index (χ1) is 28.7. The highest BCUT2D eigenvalue weighted by Gasteiger charge is 2.26. The van der Waals surface area contributed by atoms with Crippen molar-refractivity contribution in [2.24, 2.45) is 19.8 Å². The average molecular weight is 875 g/mol. The average Bonchev–Trinajstić information content (AvgIpc) is 3.23. The van der Waals surface area contributed by atoms with Crippen LogP contribution in [-0.2, 0) is 24.3 Å². The molecule has 0 bridgehead atoms. The monoisotopic (exact) mass is 873 g/mol. The Balaban J connectivity index is 0.000000185. The van der Waals surface area contributed by atoms with Crippen LogP contribution in [0.25, 0.3) is 44.3 Å². The summed E-state index contributed by atoms with van der Waals surface area (Å²) in [5.74, 6) is 0.990. The van der Waals surface area contributed by atoms with Crippen LogP contribution in [-0.4, -0.2) is 80.1 Å². The van der Waals surface area contributed by atoms with E-state index in [0.29, 0.717) is 67.6 Å². The Morgan fingerprint density at radius 2 is 1.05 bits per heavy atom. The summed E-state index contributed by atoms with van der Waals surface area (Å²) in [6.07, 6.45) is 10.5. The third kappa shape index (κ3) is 9.64. The van der Waals surface area contributed by atoms with E-state index in [4.69, 9.17) is 28.9 Å². The summed E-state index contributed by atoms with van der Waals surface area (Å²) in [6.45, 7) is 0. The molecule has 2 aromatic carbocycles. The molecule has 6 aromatic rings. The van der Waals surface area contributed by atoms with Crippen LogP contribution in [0.2, 0.25) is 10.0 Å². The number of fused-ring (bicyclic) bond motifs is 2. The predicted octanol–water partition coefficient (Wildman–Crippen LogP) is 6.10. The van der Waals surface area contributed by atoms with Crippen LogP contribution >= 0.6 is 23.2 Å². The number of benzene rings is 2. The minimum atomic E-state index is -3.44. The number of nitrogens with two attached hydrogens (primary N) is 1. The van der Waals surface area contributed by atoms with Crippen molar-refractivity contribution in [2.75, 3.05) is 24.7 Å². The van der Waals surface area contributed by atoms with Gasteiger partial charge in [0.05, 0.1) is 0 Å². The van der Waals surface area contributed by atoms with Crippen LogP contribution in [0.15, 0.2) is 82.6 Å². The van der Waals surface area contributed by atoms with Gasteiger partial charge in [0.15, 0.2) is 0 Å². The van der Waals surface area contributed by atoms with Crippen molar-refractivity contribution in [1.82, 2.24) is 38.1 Å². The largest absolute Gasteiger partial charge is 0.351 e. The lowest BCUT2D eigenvalue weighted by Gasteiger charge is -2.30. The van der Waals surface area contributed by atoms with E-state index in [-0.39, 0.29) is 23.2 Å². The molecule has 60 heavy (non-hydrogen) atoms. The van der Waals surface area contributed by atoms with Crippen LogP contribution < -0.4 is 32.2 Å². The fourth-order valence-electron chi connectivity index (χ4n) is 7.68. The lowest BCUT2D eigenvalue weighted by Crippen LogP contribution is -2.44. The van der Waals surface area contributed by atoms with Gasteiger partial charge >= 0.3 is 0 Å². The number of hydrogen-bond donors (Lipinski definition) is 4. The first kappa shape index (κ1) is 43.1. The number of halogens is 2. The summed E-state index contributed by atoms with van der Waals surface area (Å²) in [6, 6.07) is 18.8. The van der Waals surface area contributed by atoms with E-state index in [9.17, 15) is 18.0 Å². The summed E-state index contributed by atoms with van der Waals surface area (Å²) in [5.41, 5.74) is 9.20. The third-order valence-electron chi connectivity index (χ3n) is 11.2. The molecule has 18 heteroatoms. The molecule has 0 saturated heterocycles. The zero-order valence-electron chi connectivity index (χ0n) is 33.9. The lowest BCUT2D eigenvalue weighted by molar-refractivity contribution is 0.378. The number of nitrogens with one attached hydrogen (secondary N) is 3. The van der Waals surface area contributed by atoms with Gasteiger partial charge in [-0.05, 0) is 75.6 Å². The highest BCUT2D eigenvalue weighted by atomic mass is 35.5. The van der Waals surface area contributed by atoms with E-state index in [2.05, 4.69) is 35.3 Å². The lowest BCUT2D eigenvalue weighted by atomic mass is 9.92. The number of anilines is 2.